The van der Waals surface area contributed by atoms with Gasteiger partial charge in [-0.3, -0.25) is 0 Å². The molecular formula is C45H60FeNO3P2PdS-5. The summed E-state index contributed by atoms with van der Waals surface area (Å²) >= 11 is 0. The van der Waals surface area contributed by atoms with Crippen LogP contribution in [0.1, 0.15) is 124 Å². The average molecular weight is 919 g/mol. The molecule has 0 spiro atoms. The molecule has 2 fully saturated rings. The van der Waals surface area contributed by atoms with Gasteiger partial charge in [-0.15, -0.1) is 41.5 Å². The minimum Gasteiger partial charge on any atom is -0.999 e. The molecule has 4 aromatic carbocycles. The normalized spacial score (nSPS) is 15.9. The molecule has 9 heteroatoms. The summed E-state index contributed by atoms with van der Waals surface area (Å²) in [6.07, 6.45) is 15.4. The van der Waals surface area contributed by atoms with Gasteiger partial charge in [-0.25, -0.2) is 16.3 Å². The summed E-state index contributed by atoms with van der Waals surface area (Å²) in [5, 5.41) is 2.62. The molecule has 2 saturated carbocycles. The summed E-state index contributed by atoms with van der Waals surface area (Å²) in [7, 11) is -4.54. The molecule has 4 nitrogen and oxygen atoms in total. The van der Waals surface area contributed by atoms with E-state index in [1.807, 2.05) is 42.5 Å². The van der Waals surface area contributed by atoms with E-state index in [-0.39, 0.29) is 45.4 Å². The Morgan fingerprint density at radius 3 is 1.76 bits per heavy atom. The van der Waals surface area contributed by atoms with E-state index in [0.29, 0.717) is 27.9 Å². The van der Waals surface area contributed by atoms with E-state index in [1.165, 1.54) is 64.2 Å². The topological polar surface area (TPSA) is 81.0 Å². The molecule has 302 valence electrons. The van der Waals surface area contributed by atoms with E-state index >= 15 is 0 Å². The van der Waals surface area contributed by atoms with Crippen LogP contribution in [-0.4, -0.2) is 40.9 Å². The molecule has 0 amide bonds. The van der Waals surface area contributed by atoms with Crippen LogP contribution in [0.4, 0.5) is 5.69 Å². The monoisotopic (exact) mass is 918 g/mol. The first-order valence-electron chi connectivity index (χ1n) is 18.8. The van der Waals surface area contributed by atoms with Crippen molar-refractivity contribution in [3.05, 3.63) is 114 Å². The van der Waals surface area contributed by atoms with Crippen LogP contribution in [0.2, 0.25) is 0 Å². The molecule has 0 radical (unpaired) electrons. The van der Waals surface area contributed by atoms with Crippen LogP contribution in [0.25, 0.3) is 16.9 Å². The first-order valence-corrected chi connectivity index (χ1v) is 23.7. The van der Waals surface area contributed by atoms with Gasteiger partial charge >= 0.3 is 37.5 Å². The van der Waals surface area contributed by atoms with Crippen molar-refractivity contribution in [2.75, 3.05) is 6.26 Å². The molecule has 0 aromatic heterocycles. The van der Waals surface area contributed by atoms with Crippen LogP contribution in [0, 0.1) is 36.4 Å². The number of rotatable bonds is 6. The van der Waals surface area contributed by atoms with Gasteiger partial charge in [0.05, 0.1) is 20.4 Å². The van der Waals surface area contributed by atoms with E-state index in [2.05, 4.69) is 97.0 Å². The van der Waals surface area contributed by atoms with Crippen molar-refractivity contribution in [3.63, 3.8) is 0 Å². The summed E-state index contributed by atoms with van der Waals surface area (Å²) in [4.78, 5) is 0. The molecule has 2 aliphatic carbocycles. The molecule has 54 heavy (non-hydrogen) atoms. The Labute approximate surface area is 356 Å². The molecule has 0 unspecified atom stereocenters. The van der Waals surface area contributed by atoms with Gasteiger partial charge in [0.2, 0.25) is 0 Å². The van der Waals surface area contributed by atoms with Crippen LogP contribution in [0.5, 0.6) is 0 Å². The fourth-order valence-corrected chi connectivity index (χ4v) is 17.9. The average Bonchev–Trinajstić information content (AvgIpc) is 3.82. The second kappa shape index (κ2) is 24.6. The third-order valence-electron chi connectivity index (χ3n) is 9.76. The van der Waals surface area contributed by atoms with E-state index in [9.17, 15) is 0 Å². The summed E-state index contributed by atoms with van der Waals surface area (Å²) in [6, 6.07) is 38.9. The van der Waals surface area contributed by atoms with Crippen molar-refractivity contribution in [1.82, 2.24) is 0 Å². The summed E-state index contributed by atoms with van der Waals surface area (Å²) in [6.45, 7) is 17.6. The van der Waals surface area contributed by atoms with Gasteiger partial charge < -0.3 is 69.7 Å². The number of nitrogens with one attached hydrogen (secondary N) is 1. The van der Waals surface area contributed by atoms with Gasteiger partial charge in [-0.1, -0.05) is 62.8 Å². The van der Waals surface area contributed by atoms with E-state index in [0.717, 1.165) is 22.4 Å². The fourth-order valence-electron chi connectivity index (χ4n) is 8.39. The predicted octanol–water partition coefficient (Wildman–Crippen LogP) is 12.5. The van der Waals surface area contributed by atoms with Crippen LogP contribution in [0.15, 0.2) is 66.7 Å². The van der Waals surface area contributed by atoms with Gasteiger partial charge in [0.15, 0.2) is 0 Å². The third-order valence-corrected chi connectivity index (χ3v) is 17.7. The third kappa shape index (κ3) is 17.6. The number of hydrogen-bond acceptors (Lipinski definition) is 3. The molecule has 2 aliphatic rings. The Kier molecular flexibility index (Phi) is 23.2. The minimum atomic E-state index is -3.92. The van der Waals surface area contributed by atoms with Crippen molar-refractivity contribution >= 4 is 37.0 Å². The smallest absolute Gasteiger partial charge is 0.999 e. The summed E-state index contributed by atoms with van der Waals surface area (Å²) < 4.78 is 27.2. The molecule has 4 aromatic rings. The Morgan fingerprint density at radius 1 is 0.870 bits per heavy atom. The quantitative estimate of drug-likeness (QED) is 0.0836. The van der Waals surface area contributed by atoms with Crippen molar-refractivity contribution in [2.24, 2.45) is 0 Å². The van der Waals surface area contributed by atoms with Crippen molar-refractivity contribution in [3.8, 4) is 11.1 Å². The van der Waals surface area contributed by atoms with Gasteiger partial charge in [0.1, 0.15) is 0 Å². The largest absolute Gasteiger partial charge is 2.00 e. The Balaban J connectivity index is 0.000000477. The zero-order chi connectivity index (χ0) is 38.4. The Hall–Kier alpha value is -1.11. The maximum absolute atomic E-state index is 9.08. The van der Waals surface area contributed by atoms with Gasteiger partial charge in [-0.2, -0.15) is 5.69 Å². The van der Waals surface area contributed by atoms with E-state index < -0.39 is 18.0 Å². The van der Waals surface area contributed by atoms with Gasteiger partial charge in [-0.05, 0) is 99.0 Å². The molecule has 6 rings (SSSR count). The number of benzene rings is 2. The van der Waals surface area contributed by atoms with Crippen molar-refractivity contribution in [2.45, 2.75) is 140 Å². The van der Waals surface area contributed by atoms with Crippen molar-refractivity contribution in [1.29, 1.82) is 0 Å². The zero-order valence-electron chi connectivity index (χ0n) is 33.4. The minimum absolute atomic E-state index is 0. The van der Waals surface area contributed by atoms with Crippen LogP contribution < -0.4 is 5.30 Å². The fraction of sp³-hybridized carbons (Fsp3) is 0.511. The molecule has 1 N–H and O–H groups in total. The summed E-state index contributed by atoms with van der Waals surface area (Å²) in [5.74, 6) is 0. The second-order valence-corrected chi connectivity index (χ2v) is 25.0. The standard InChI is InChI=1S/C27H46P2.C12H9N.C5H.CH4O3S.Fe.Pd/c1-21(29(26(2,3)4)27(5,6)7)24-19-14-20-25(24)28(22-15-10-8-11-16-22)23-17-12-9-13-18-23;13-12-9-5-4-8-11(12)10-6-2-1-3-7-10;1-2-4-5-3-1;1-5(2,3)4;;/h19-23H,8-13,15-18H2,1-7H3;1-6,8-9,13H;1H;1H3,(H,2,3,4);;/q2*-2;-5;;2*+2/t21-;;;;;/m1...../s1. The van der Waals surface area contributed by atoms with E-state index in [1.54, 1.807) is 23.0 Å². The van der Waals surface area contributed by atoms with Crippen LogP contribution in [-0.2, 0) is 47.6 Å². The molecule has 1 atom stereocenters. The Bertz CT molecular complexity index is 1600. The van der Waals surface area contributed by atoms with Gasteiger partial charge in [0, 0.05) is 6.26 Å². The molecule has 0 saturated heterocycles. The molecule has 0 heterocycles. The maximum atomic E-state index is 9.08. The molecular weight excluding hydrogens is 859 g/mol. The zero-order valence-corrected chi connectivity index (χ0v) is 38.8. The first kappa shape index (κ1) is 50.9. The SMILES string of the molecule is CS(=O)(=O)[O-].C[C@H](c1c[c-]c[c-]1P(C1CCCCC1)C1CCCCC1)[PH+](C(C)(C)C)C(C)(C)C.[Fe+2].[NH-]c1ccccc1-c1[c-]cccc1.[Pd+2].[c-]1[c-][c-][cH-][c-]1. The molecule has 0 aliphatic heterocycles. The predicted molar refractivity (Wildman–Crippen MR) is 225 cm³/mol. The van der Waals surface area contributed by atoms with Crippen molar-refractivity contribution < 1.29 is 50.5 Å². The second-order valence-electron chi connectivity index (χ2n) is 16.1. The van der Waals surface area contributed by atoms with Gasteiger partial charge in [0.25, 0.3) is 0 Å². The van der Waals surface area contributed by atoms with E-state index in [4.69, 9.17) is 18.7 Å². The number of hydrogen-bond donors (Lipinski definition) is 0. The Morgan fingerprint density at radius 2 is 1.35 bits per heavy atom. The van der Waals surface area contributed by atoms with Crippen LogP contribution >= 0.6 is 15.8 Å². The summed E-state index contributed by atoms with van der Waals surface area (Å²) in [5.41, 5.74) is 14.5. The van der Waals surface area contributed by atoms with Crippen LogP contribution in [0.3, 0.4) is 0 Å². The first-order chi connectivity index (χ1) is 24.5. The molecule has 0 bridgehead atoms. The maximum Gasteiger partial charge on any atom is 2.00 e.